The molecule has 0 saturated heterocycles. The van der Waals surface area contributed by atoms with Crippen molar-refractivity contribution in [2.45, 2.75) is 11.8 Å². The Hall–Kier alpha value is -2.05. The largest absolute Gasteiger partial charge is 0.490 e. The van der Waals surface area contributed by atoms with Crippen molar-refractivity contribution in [2.24, 2.45) is 0 Å². The second-order valence-corrected chi connectivity index (χ2v) is 7.28. The molecule has 23 heavy (non-hydrogen) atoms. The molecule has 0 unspecified atom stereocenters. The van der Waals surface area contributed by atoms with Gasteiger partial charge in [-0.05, 0) is 31.2 Å². The van der Waals surface area contributed by atoms with E-state index in [0.29, 0.717) is 24.6 Å². The van der Waals surface area contributed by atoms with E-state index >= 15 is 0 Å². The van der Waals surface area contributed by atoms with Gasteiger partial charge in [0.05, 0.1) is 17.1 Å². The Bertz CT molecular complexity index is 773. The number of para-hydroxylation sites is 2. The third-order valence-electron chi connectivity index (χ3n) is 3.83. The van der Waals surface area contributed by atoms with Gasteiger partial charge in [0, 0.05) is 13.1 Å². The summed E-state index contributed by atoms with van der Waals surface area (Å²) in [7, 11) is -3.46. The van der Waals surface area contributed by atoms with E-state index in [9.17, 15) is 8.42 Å². The fourth-order valence-corrected chi connectivity index (χ4v) is 3.60. The summed E-state index contributed by atoms with van der Waals surface area (Å²) in [6.07, 6.45) is 0. The van der Waals surface area contributed by atoms with E-state index in [1.807, 2.05) is 31.2 Å². The minimum absolute atomic E-state index is 0.297. The number of sulfonamides is 1. The maximum Gasteiger partial charge on any atom is 0.240 e. The predicted octanol–water partition coefficient (Wildman–Crippen LogP) is 2.17. The van der Waals surface area contributed by atoms with Crippen molar-refractivity contribution in [3.63, 3.8) is 0 Å². The molecule has 0 bridgehead atoms. The van der Waals surface area contributed by atoms with E-state index in [0.717, 1.165) is 23.5 Å². The Morgan fingerprint density at radius 3 is 2.65 bits per heavy atom. The Kier molecular flexibility index (Phi) is 4.54. The van der Waals surface area contributed by atoms with Gasteiger partial charge in [-0.2, -0.15) is 0 Å². The molecule has 5 nitrogen and oxygen atoms in total. The Morgan fingerprint density at radius 2 is 1.87 bits per heavy atom. The Labute approximate surface area is 136 Å². The summed E-state index contributed by atoms with van der Waals surface area (Å²) in [5.74, 6) is 0.847. The number of aryl methyl sites for hydroxylation is 1. The maximum atomic E-state index is 12.3. The van der Waals surface area contributed by atoms with Crippen molar-refractivity contribution in [3.05, 3.63) is 54.1 Å². The van der Waals surface area contributed by atoms with Gasteiger partial charge in [-0.25, -0.2) is 13.1 Å². The normalized spacial score (nSPS) is 14.2. The molecule has 3 rings (SSSR count). The molecule has 1 heterocycles. The second kappa shape index (κ2) is 6.60. The molecule has 1 aliphatic heterocycles. The van der Waals surface area contributed by atoms with Crippen LogP contribution in [0.25, 0.3) is 0 Å². The molecule has 0 atom stereocenters. The number of anilines is 1. The lowest BCUT2D eigenvalue weighted by Crippen LogP contribution is -2.39. The number of nitrogens with one attached hydrogen (secondary N) is 1. The van der Waals surface area contributed by atoms with Crippen molar-refractivity contribution in [3.8, 4) is 5.75 Å². The van der Waals surface area contributed by atoms with Crippen LogP contribution in [0.1, 0.15) is 5.56 Å². The molecular weight excluding hydrogens is 312 g/mol. The fourth-order valence-electron chi connectivity index (χ4n) is 2.57. The van der Waals surface area contributed by atoms with Crippen LogP contribution in [-0.4, -0.2) is 34.7 Å². The van der Waals surface area contributed by atoms with Gasteiger partial charge in [-0.15, -0.1) is 0 Å². The van der Waals surface area contributed by atoms with Gasteiger partial charge in [0.2, 0.25) is 10.0 Å². The maximum absolute atomic E-state index is 12.3. The summed E-state index contributed by atoms with van der Waals surface area (Å²) < 4.78 is 32.8. The number of benzene rings is 2. The van der Waals surface area contributed by atoms with Crippen LogP contribution in [-0.2, 0) is 10.0 Å². The van der Waals surface area contributed by atoms with Crippen molar-refractivity contribution in [2.75, 3.05) is 31.1 Å². The van der Waals surface area contributed by atoms with Gasteiger partial charge < -0.3 is 9.64 Å². The Balaban J connectivity index is 1.63. The van der Waals surface area contributed by atoms with Crippen LogP contribution in [0.5, 0.6) is 5.75 Å². The number of hydrogen-bond acceptors (Lipinski definition) is 4. The first-order valence-corrected chi connectivity index (χ1v) is 9.08. The van der Waals surface area contributed by atoms with Crippen LogP contribution in [0.4, 0.5) is 5.69 Å². The average Bonchev–Trinajstić information content (AvgIpc) is 2.55. The van der Waals surface area contributed by atoms with Crippen LogP contribution in [0, 0.1) is 6.92 Å². The first-order chi connectivity index (χ1) is 11.1. The van der Waals surface area contributed by atoms with E-state index in [4.69, 9.17) is 4.74 Å². The van der Waals surface area contributed by atoms with E-state index < -0.39 is 10.0 Å². The molecule has 0 aliphatic carbocycles. The number of hydrogen-bond donors (Lipinski definition) is 1. The number of ether oxygens (including phenoxy) is 1. The van der Waals surface area contributed by atoms with Crippen molar-refractivity contribution < 1.29 is 13.2 Å². The molecular formula is C17H20N2O3S. The molecule has 2 aromatic rings. The zero-order valence-corrected chi connectivity index (χ0v) is 13.8. The minimum Gasteiger partial charge on any atom is -0.490 e. The standard InChI is InChI=1S/C17H20N2O3S/c1-14-6-8-15(9-7-14)23(20,21)18-10-11-19-12-13-22-17-5-3-2-4-16(17)19/h2-9,18H,10-13H2,1H3. The highest BCUT2D eigenvalue weighted by atomic mass is 32.2. The SMILES string of the molecule is Cc1ccc(S(=O)(=O)NCCN2CCOc3ccccc32)cc1. The van der Waals surface area contributed by atoms with Gasteiger partial charge in [0.1, 0.15) is 12.4 Å². The lowest BCUT2D eigenvalue weighted by Gasteiger charge is -2.31. The summed E-state index contributed by atoms with van der Waals surface area (Å²) in [4.78, 5) is 2.43. The topological polar surface area (TPSA) is 58.6 Å². The van der Waals surface area contributed by atoms with E-state index in [-0.39, 0.29) is 0 Å². The van der Waals surface area contributed by atoms with Gasteiger partial charge in [0.25, 0.3) is 0 Å². The van der Waals surface area contributed by atoms with E-state index in [1.54, 1.807) is 24.3 Å². The minimum atomic E-state index is -3.46. The van der Waals surface area contributed by atoms with Crippen molar-refractivity contribution >= 4 is 15.7 Å². The highest BCUT2D eigenvalue weighted by Crippen LogP contribution is 2.30. The van der Waals surface area contributed by atoms with E-state index in [1.165, 1.54) is 0 Å². The number of fused-ring (bicyclic) bond motifs is 1. The van der Waals surface area contributed by atoms with Crippen LogP contribution >= 0.6 is 0 Å². The van der Waals surface area contributed by atoms with Gasteiger partial charge in [-0.3, -0.25) is 0 Å². The quantitative estimate of drug-likeness (QED) is 0.912. The molecule has 2 aromatic carbocycles. The Morgan fingerprint density at radius 1 is 1.13 bits per heavy atom. The summed E-state index contributed by atoms with van der Waals surface area (Å²) in [5.41, 5.74) is 2.04. The fraction of sp³-hybridized carbons (Fsp3) is 0.294. The lowest BCUT2D eigenvalue weighted by molar-refractivity contribution is 0.308. The number of nitrogens with zero attached hydrogens (tertiary/aromatic N) is 1. The van der Waals surface area contributed by atoms with Gasteiger partial charge >= 0.3 is 0 Å². The third kappa shape index (κ3) is 3.65. The first kappa shape index (κ1) is 15.8. The molecule has 0 fully saturated rings. The summed E-state index contributed by atoms with van der Waals surface area (Å²) in [6.45, 7) is 4.25. The van der Waals surface area contributed by atoms with Crippen molar-refractivity contribution in [1.29, 1.82) is 0 Å². The smallest absolute Gasteiger partial charge is 0.240 e. The molecule has 0 saturated carbocycles. The van der Waals surface area contributed by atoms with Crippen LogP contribution < -0.4 is 14.4 Å². The van der Waals surface area contributed by atoms with Gasteiger partial charge in [-0.1, -0.05) is 29.8 Å². The molecule has 1 aliphatic rings. The number of rotatable bonds is 5. The monoisotopic (exact) mass is 332 g/mol. The first-order valence-electron chi connectivity index (χ1n) is 7.59. The molecule has 0 spiro atoms. The van der Waals surface area contributed by atoms with Crippen molar-refractivity contribution in [1.82, 2.24) is 4.72 Å². The summed E-state index contributed by atoms with van der Waals surface area (Å²) >= 11 is 0. The zero-order chi connectivity index (χ0) is 16.3. The predicted molar refractivity (Wildman–Crippen MR) is 90.5 cm³/mol. The molecule has 1 N–H and O–H groups in total. The molecule has 122 valence electrons. The van der Waals surface area contributed by atoms with Gasteiger partial charge in [0.15, 0.2) is 0 Å². The second-order valence-electron chi connectivity index (χ2n) is 5.51. The summed E-state index contributed by atoms with van der Waals surface area (Å²) in [6, 6.07) is 14.7. The highest BCUT2D eigenvalue weighted by Gasteiger charge is 2.18. The lowest BCUT2D eigenvalue weighted by atomic mass is 10.2. The van der Waals surface area contributed by atoms with Crippen LogP contribution in [0.15, 0.2) is 53.4 Å². The molecule has 0 amide bonds. The molecule has 0 radical (unpaired) electrons. The van der Waals surface area contributed by atoms with Crippen LogP contribution in [0.3, 0.4) is 0 Å². The van der Waals surface area contributed by atoms with Crippen LogP contribution in [0.2, 0.25) is 0 Å². The molecule has 6 heteroatoms. The summed E-state index contributed by atoms with van der Waals surface area (Å²) in [5, 5.41) is 0. The molecule has 0 aromatic heterocycles. The average molecular weight is 332 g/mol. The highest BCUT2D eigenvalue weighted by molar-refractivity contribution is 7.89. The van der Waals surface area contributed by atoms with E-state index in [2.05, 4.69) is 9.62 Å². The zero-order valence-electron chi connectivity index (χ0n) is 13.0. The third-order valence-corrected chi connectivity index (χ3v) is 5.31.